The average Bonchev–Trinajstić information content (AvgIpc) is 2.21. The van der Waals surface area contributed by atoms with Crippen molar-refractivity contribution in [3.63, 3.8) is 0 Å². The van der Waals surface area contributed by atoms with Gasteiger partial charge in [0.05, 0.1) is 0 Å². The Hall–Kier alpha value is -0.120. The van der Waals surface area contributed by atoms with E-state index < -0.39 is 0 Å². The van der Waals surface area contributed by atoms with Crippen LogP contribution in [0.25, 0.3) is 0 Å². The van der Waals surface area contributed by atoms with Crippen molar-refractivity contribution < 1.29 is 0 Å². The molecule has 1 heterocycles. The first kappa shape index (κ1) is 13.9. The summed E-state index contributed by atoms with van der Waals surface area (Å²) < 4.78 is 0. The molecule has 1 fully saturated rings. The van der Waals surface area contributed by atoms with Gasteiger partial charge in [-0.2, -0.15) is 0 Å². The Morgan fingerprint density at radius 2 is 1.75 bits per heavy atom. The van der Waals surface area contributed by atoms with E-state index in [1.165, 1.54) is 32.7 Å². The van der Waals surface area contributed by atoms with Crippen LogP contribution in [0.5, 0.6) is 0 Å². The number of hydrogen-bond acceptors (Lipinski definition) is 3. The zero-order valence-electron chi connectivity index (χ0n) is 11.7. The van der Waals surface area contributed by atoms with Crippen molar-refractivity contribution in [2.24, 2.45) is 5.41 Å². The third-order valence-electron chi connectivity index (χ3n) is 3.91. The molecule has 1 atom stereocenters. The molecule has 1 saturated heterocycles. The van der Waals surface area contributed by atoms with Crippen LogP contribution in [0.4, 0.5) is 0 Å². The Kier molecular flexibility index (Phi) is 5.22. The molecule has 0 bridgehead atoms. The highest BCUT2D eigenvalue weighted by atomic mass is 15.2. The van der Waals surface area contributed by atoms with E-state index in [0.29, 0.717) is 11.5 Å². The van der Waals surface area contributed by atoms with Crippen LogP contribution in [0.1, 0.15) is 27.7 Å². The van der Waals surface area contributed by atoms with Gasteiger partial charge in [-0.25, -0.2) is 0 Å². The van der Waals surface area contributed by atoms with Crippen molar-refractivity contribution in [1.82, 2.24) is 15.1 Å². The first-order chi connectivity index (χ1) is 7.45. The average molecular weight is 227 g/mol. The maximum Gasteiger partial charge on any atom is 0.0110 e. The molecular formula is C13H29N3. The largest absolute Gasteiger partial charge is 0.314 e. The quantitative estimate of drug-likeness (QED) is 0.763. The van der Waals surface area contributed by atoms with Crippen LogP contribution in [0.3, 0.4) is 0 Å². The zero-order valence-corrected chi connectivity index (χ0v) is 11.7. The van der Waals surface area contributed by atoms with Crippen LogP contribution >= 0.6 is 0 Å². The van der Waals surface area contributed by atoms with Gasteiger partial charge in [0, 0.05) is 38.8 Å². The van der Waals surface area contributed by atoms with Gasteiger partial charge < -0.3 is 15.1 Å². The standard InChI is InChI=1S/C13H29N3/c1-6-14-12(2)13(3,4)11-16-9-7-15(5)8-10-16/h12,14H,6-11H2,1-5H3. The molecule has 16 heavy (non-hydrogen) atoms. The Bertz CT molecular complexity index is 195. The summed E-state index contributed by atoms with van der Waals surface area (Å²) in [5, 5.41) is 3.55. The maximum absolute atomic E-state index is 3.55. The second-order valence-electron chi connectivity index (χ2n) is 5.85. The Balaban J connectivity index is 2.39. The smallest absolute Gasteiger partial charge is 0.0110 e. The summed E-state index contributed by atoms with van der Waals surface area (Å²) in [6.45, 7) is 16.4. The first-order valence-corrected chi connectivity index (χ1v) is 6.60. The van der Waals surface area contributed by atoms with Gasteiger partial charge in [0.1, 0.15) is 0 Å². The molecule has 1 rings (SSSR count). The van der Waals surface area contributed by atoms with E-state index in [1.807, 2.05) is 0 Å². The van der Waals surface area contributed by atoms with Crippen molar-refractivity contribution in [2.75, 3.05) is 46.3 Å². The molecule has 0 saturated carbocycles. The predicted octanol–water partition coefficient (Wildman–Crippen LogP) is 1.26. The Labute approximate surface area is 101 Å². The van der Waals surface area contributed by atoms with E-state index in [0.717, 1.165) is 6.54 Å². The van der Waals surface area contributed by atoms with Gasteiger partial charge in [-0.1, -0.05) is 20.8 Å². The Morgan fingerprint density at radius 3 is 2.25 bits per heavy atom. The molecule has 0 aromatic carbocycles. The highest BCUT2D eigenvalue weighted by Crippen LogP contribution is 2.22. The molecule has 1 unspecified atom stereocenters. The molecule has 1 aliphatic heterocycles. The summed E-state index contributed by atoms with van der Waals surface area (Å²) >= 11 is 0. The van der Waals surface area contributed by atoms with Crippen LogP contribution in [0.15, 0.2) is 0 Å². The molecule has 3 nitrogen and oxygen atoms in total. The fourth-order valence-electron chi connectivity index (χ4n) is 2.30. The third kappa shape index (κ3) is 4.04. The van der Waals surface area contributed by atoms with Crippen molar-refractivity contribution in [2.45, 2.75) is 33.7 Å². The van der Waals surface area contributed by atoms with E-state index >= 15 is 0 Å². The molecular weight excluding hydrogens is 198 g/mol. The van der Waals surface area contributed by atoms with Gasteiger partial charge in [-0.3, -0.25) is 0 Å². The van der Waals surface area contributed by atoms with Crippen LogP contribution < -0.4 is 5.32 Å². The van der Waals surface area contributed by atoms with E-state index in [2.05, 4.69) is 49.9 Å². The molecule has 0 amide bonds. The molecule has 0 aromatic rings. The summed E-state index contributed by atoms with van der Waals surface area (Å²) in [5.74, 6) is 0. The number of hydrogen-bond donors (Lipinski definition) is 1. The lowest BCUT2D eigenvalue weighted by molar-refractivity contribution is 0.0943. The van der Waals surface area contributed by atoms with Gasteiger partial charge in [-0.15, -0.1) is 0 Å². The summed E-state index contributed by atoms with van der Waals surface area (Å²) in [5.41, 5.74) is 0.353. The molecule has 0 aliphatic carbocycles. The lowest BCUT2D eigenvalue weighted by Crippen LogP contribution is -2.51. The topological polar surface area (TPSA) is 18.5 Å². The highest BCUT2D eigenvalue weighted by molar-refractivity contribution is 4.85. The number of nitrogens with one attached hydrogen (secondary N) is 1. The van der Waals surface area contributed by atoms with Crippen LogP contribution in [0.2, 0.25) is 0 Å². The molecule has 3 heteroatoms. The van der Waals surface area contributed by atoms with E-state index in [4.69, 9.17) is 0 Å². The zero-order chi connectivity index (χ0) is 12.2. The minimum absolute atomic E-state index is 0.353. The Morgan fingerprint density at radius 1 is 1.19 bits per heavy atom. The molecule has 1 N–H and O–H groups in total. The lowest BCUT2D eigenvalue weighted by atomic mass is 9.84. The van der Waals surface area contributed by atoms with Crippen molar-refractivity contribution >= 4 is 0 Å². The number of nitrogens with zero attached hydrogens (tertiary/aromatic N) is 2. The second kappa shape index (κ2) is 5.99. The summed E-state index contributed by atoms with van der Waals surface area (Å²) in [6.07, 6.45) is 0. The van der Waals surface area contributed by atoms with Crippen molar-refractivity contribution in [3.05, 3.63) is 0 Å². The van der Waals surface area contributed by atoms with E-state index in [1.54, 1.807) is 0 Å². The van der Waals surface area contributed by atoms with Crippen LogP contribution in [-0.4, -0.2) is 62.2 Å². The summed E-state index contributed by atoms with van der Waals surface area (Å²) in [7, 11) is 2.21. The monoisotopic (exact) mass is 227 g/mol. The number of rotatable bonds is 5. The highest BCUT2D eigenvalue weighted by Gasteiger charge is 2.28. The van der Waals surface area contributed by atoms with E-state index in [-0.39, 0.29) is 0 Å². The van der Waals surface area contributed by atoms with Gasteiger partial charge in [0.25, 0.3) is 0 Å². The van der Waals surface area contributed by atoms with Crippen LogP contribution in [0, 0.1) is 5.41 Å². The molecule has 1 aliphatic rings. The van der Waals surface area contributed by atoms with Gasteiger partial charge in [0.2, 0.25) is 0 Å². The van der Waals surface area contributed by atoms with Crippen molar-refractivity contribution in [1.29, 1.82) is 0 Å². The summed E-state index contributed by atoms with van der Waals surface area (Å²) in [6, 6.07) is 0.581. The minimum Gasteiger partial charge on any atom is -0.314 e. The fourth-order valence-corrected chi connectivity index (χ4v) is 2.30. The number of likely N-dealkylation sites (N-methyl/N-ethyl adjacent to an activating group) is 1. The summed E-state index contributed by atoms with van der Waals surface area (Å²) in [4.78, 5) is 5.02. The normalized spacial score (nSPS) is 22.3. The third-order valence-corrected chi connectivity index (χ3v) is 3.91. The fraction of sp³-hybridized carbons (Fsp3) is 1.00. The van der Waals surface area contributed by atoms with Gasteiger partial charge >= 0.3 is 0 Å². The lowest BCUT2D eigenvalue weighted by Gasteiger charge is -2.40. The molecule has 0 spiro atoms. The van der Waals surface area contributed by atoms with Gasteiger partial charge in [-0.05, 0) is 25.9 Å². The van der Waals surface area contributed by atoms with E-state index in [9.17, 15) is 0 Å². The number of piperazine rings is 1. The maximum atomic E-state index is 3.55. The first-order valence-electron chi connectivity index (χ1n) is 6.60. The van der Waals surface area contributed by atoms with Gasteiger partial charge in [0.15, 0.2) is 0 Å². The predicted molar refractivity (Wildman–Crippen MR) is 70.9 cm³/mol. The minimum atomic E-state index is 0.353. The molecule has 0 aromatic heterocycles. The second-order valence-corrected chi connectivity index (χ2v) is 5.85. The van der Waals surface area contributed by atoms with Crippen molar-refractivity contribution in [3.8, 4) is 0 Å². The molecule has 96 valence electrons. The van der Waals surface area contributed by atoms with Crippen LogP contribution in [-0.2, 0) is 0 Å². The SMILES string of the molecule is CCNC(C)C(C)(C)CN1CCN(C)CC1. The molecule has 0 radical (unpaired) electrons.